The third kappa shape index (κ3) is 3.14. The van der Waals surface area contributed by atoms with Crippen molar-refractivity contribution >= 4 is 12.4 Å². The smallest absolute Gasteiger partial charge is 0.130 e. The Kier molecular flexibility index (Phi) is 4.65. The van der Waals surface area contributed by atoms with Gasteiger partial charge in [0, 0.05) is 37.3 Å². The van der Waals surface area contributed by atoms with E-state index in [0.717, 1.165) is 25.6 Å². The fraction of sp³-hybridized carbons (Fsp3) is 0.455. The number of benzene rings is 1. The van der Waals surface area contributed by atoms with Crippen molar-refractivity contribution in [1.82, 2.24) is 4.90 Å². The minimum atomic E-state index is -0.533. The van der Waals surface area contributed by atoms with Crippen LogP contribution >= 0.6 is 12.4 Å². The lowest BCUT2D eigenvalue weighted by molar-refractivity contribution is 0.321. The van der Waals surface area contributed by atoms with Gasteiger partial charge in [-0.1, -0.05) is 6.07 Å². The molecule has 90 valence electrons. The van der Waals surface area contributed by atoms with E-state index >= 15 is 0 Å². The fourth-order valence-electron chi connectivity index (χ4n) is 1.90. The third-order valence-electron chi connectivity index (χ3n) is 2.72. The zero-order valence-electron chi connectivity index (χ0n) is 8.83. The van der Waals surface area contributed by atoms with Crippen LogP contribution in [0.4, 0.5) is 8.78 Å². The summed E-state index contributed by atoms with van der Waals surface area (Å²) in [5.41, 5.74) is 6.28. The molecule has 0 radical (unpaired) electrons. The summed E-state index contributed by atoms with van der Waals surface area (Å²) in [6, 6.07) is 3.89. The van der Waals surface area contributed by atoms with Crippen molar-refractivity contribution in [3.63, 3.8) is 0 Å². The summed E-state index contributed by atoms with van der Waals surface area (Å²) in [5, 5.41) is 0. The molecule has 0 unspecified atom stereocenters. The first-order valence-corrected chi connectivity index (χ1v) is 5.07. The van der Waals surface area contributed by atoms with Gasteiger partial charge in [0.15, 0.2) is 0 Å². The Bertz CT molecular complexity index is 360. The van der Waals surface area contributed by atoms with E-state index in [4.69, 9.17) is 5.73 Å². The minimum absolute atomic E-state index is 0. The molecule has 2 rings (SSSR count). The second-order valence-electron chi connectivity index (χ2n) is 4.02. The number of likely N-dealkylation sites (tertiary alicyclic amines) is 1. The van der Waals surface area contributed by atoms with Gasteiger partial charge in [-0.2, -0.15) is 0 Å². The fourth-order valence-corrected chi connectivity index (χ4v) is 1.90. The van der Waals surface area contributed by atoms with Crippen LogP contribution in [0.1, 0.15) is 12.0 Å². The highest BCUT2D eigenvalue weighted by Crippen LogP contribution is 2.15. The lowest BCUT2D eigenvalue weighted by Crippen LogP contribution is -2.26. The van der Waals surface area contributed by atoms with Crippen molar-refractivity contribution in [3.05, 3.63) is 35.4 Å². The molecule has 16 heavy (non-hydrogen) atoms. The van der Waals surface area contributed by atoms with Gasteiger partial charge >= 0.3 is 0 Å². The van der Waals surface area contributed by atoms with Crippen LogP contribution in [0, 0.1) is 11.6 Å². The molecule has 2 N–H and O–H groups in total. The van der Waals surface area contributed by atoms with Crippen molar-refractivity contribution in [1.29, 1.82) is 0 Å². The summed E-state index contributed by atoms with van der Waals surface area (Å²) >= 11 is 0. The standard InChI is InChI=1S/C11H14F2N2.ClH/c12-9-2-1-8(11(13)5-9)6-15-4-3-10(14)7-15;/h1-2,5,10H,3-4,6-7,14H2;1H/t10-;/m0./s1. The minimum Gasteiger partial charge on any atom is -0.326 e. The number of hydrogen-bond donors (Lipinski definition) is 1. The predicted octanol–water partition coefficient (Wildman–Crippen LogP) is 1.92. The second kappa shape index (κ2) is 5.57. The molecule has 1 saturated heterocycles. The molecule has 1 aromatic rings. The molecule has 0 saturated carbocycles. The van der Waals surface area contributed by atoms with E-state index in [1.165, 1.54) is 12.1 Å². The molecule has 0 bridgehead atoms. The lowest BCUT2D eigenvalue weighted by Gasteiger charge is -2.15. The van der Waals surface area contributed by atoms with Crippen molar-refractivity contribution < 1.29 is 8.78 Å². The number of nitrogens with zero attached hydrogens (tertiary/aromatic N) is 1. The predicted molar refractivity (Wildman–Crippen MR) is 61.5 cm³/mol. The molecule has 0 aromatic heterocycles. The molecule has 1 atom stereocenters. The average molecular weight is 249 g/mol. The maximum absolute atomic E-state index is 13.3. The van der Waals surface area contributed by atoms with E-state index in [0.29, 0.717) is 12.1 Å². The molecular weight excluding hydrogens is 234 g/mol. The van der Waals surface area contributed by atoms with Crippen LogP contribution in [-0.2, 0) is 6.54 Å². The van der Waals surface area contributed by atoms with Crippen LogP contribution in [0.5, 0.6) is 0 Å². The number of rotatable bonds is 2. The molecule has 1 aromatic carbocycles. The quantitative estimate of drug-likeness (QED) is 0.867. The maximum atomic E-state index is 13.3. The average Bonchev–Trinajstić information content (AvgIpc) is 2.56. The summed E-state index contributed by atoms with van der Waals surface area (Å²) in [7, 11) is 0. The van der Waals surface area contributed by atoms with Crippen LogP contribution in [0.15, 0.2) is 18.2 Å². The van der Waals surface area contributed by atoms with Gasteiger partial charge in [-0.05, 0) is 12.5 Å². The molecule has 0 amide bonds. The highest BCUT2D eigenvalue weighted by Gasteiger charge is 2.19. The van der Waals surface area contributed by atoms with Gasteiger partial charge in [-0.3, -0.25) is 4.90 Å². The van der Waals surface area contributed by atoms with Gasteiger partial charge in [0.05, 0.1) is 0 Å². The van der Waals surface area contributed by atoms with Gasteiger partial charge in [0.2, 0.25) is 0 Å². The first-order chi connectivity index (χ1) is 7.15. The third-order valence-corrected chi connectivity index (χ3v) is 2.72. The first kappa shape index (κ1) is 13.4. The zero-order chi connectivity index (χ0) is 10.8. The van der Waals surface area contributed by atoms with E-state index < -0.39 is 11.6 Å². The van der Waals surface area contributed by atoms with Gasteiger partial charge in [-0.25, -0.2) is 8.78 Å². The van der Waals surface area contributed by atoms with Crippen LogP contribution in [0.25, 0.3) is 0 Å². The zero-order valence-corrected chi connectivity index (χ0v) is 9.64. The Morgan fingerprint density at radius 3 is 2.69 bits per heavy atom. The van der Waals surface area contributed by atoms with E-state index in [2.05, 4.69) is 4.90 Å². The SMILES string of the molecule is Cl.N[C@H]1CCN(Cc2ccc(F)cc2F)C1. The van der Waals surface area contributed by atoms with Crippen LogP contribution in [-0.4, -0.2) is 24.0 Å². The largest absolute Gasteiger partial charge is 0.326 e. The Morgan fingerprint density at radius 1 is 1.38 bits per heavy atom. The number of nitrogens with two attached hydrogens (primary N) is 1. The summed E-state index contributed by atoms with van der Waals surface area (Å²) in [5.74, 6) is -1.01. The second-order valence-corrected chi connectivity index (χ2v) is 4.02. The summed E-state index contributed by atoms with van der Waals surface area (Å²) < 4.78 is 26.0. The number of hydrogen-bond acceptors (Lipinski definition) is 2. The lowest BCUT2D eigenvalue weighted by atomic mass is 10.2. The highest BCUT2D eigenvalue weighted by molar-refractivity contribution is 5.85. The molecule has 0 spiro atoms. The molecule has 1 fully saturated rings. The molecule has 5 heteroatoms. The molecule has 1 aliphatic rings. The summed E-state index contributed by atoms with van der Waals surface area (Å²) in [6.45, 7) is 2.19. The highest BCUT2D eigenvalue weighted by atomic mass is 35.5. The van der Waals surface area contributed by atoms with Crippen LogP contribution < -0.4 is 5.73 Å². The normalized spacial score (nSPS) is 20.8. The topological polar surface area (TPSA) is 29.3 Å². The van der Waals surface area contributed by atoms with E-state index in [1.807, 2.05) is 0 Å². The summed E-state index contributed by atoms with van der Waals surface area (Å²) in [4.78, 5) is 2.08. The van der Waals surface area contributed by atoms with Crippen LogP contribution in [0.3, 0.4) is 0 Å². The van der Waals surface area contributed by atoms with Gasteiger partial charge in [0.25, 0.3) is 0 Å². The van der Waals surface area contributed by atoms with Crippen LogP contribution in [0.2, 0.25) is 0 Å². The maximum Gasteiger partial charge on any atom is 0.130 e. The Labute approximate surface area is 99.8 Å². The molecule has 1 aliphatic heterocycles. The van der Waals surface area contributed by atoms with E-state index in [-0.39, 0.29) is 18.4 Å². The first-order valence-electron chi connectivity index (χ1n) is 5.07. The van der Waals surface area contributed by atoms with Gasteiger partial charge in [-0.15, -0.1) is 12.4 Å². The Morgan fingerprint density at radius 2 is 2.12 bits per heavy atom. The van der Waals surface area contributed by atoms with Gasteiger partial charge in [0.1, 0.15) is 11.6 Å². The van der Waals surface area contributed by atoms with Crippen molar-refractivity contribution in [3.8, 4) is 0 Å². The van der Waals surface area contributed by atoms with Gasteiger partial charge < -0.3 is 5.73 Å². The molecule has 2 nitrogen and oxygen atoms in total. The van der Waals surface area contributed by atoms with E-state index in [9.17, 15) is 8.78 Å². The molecular formula is C11H15ClF2N2. The number of halogens is 3. The monoisotopic (exact) mass is 248 g/mol. The van der Waals surface area contributed by atoms with Crippen molar-refractivity contribution in [2.24, 2.45) is 5.73 Å². The Hall–Kier alpha value is -0.710. The summed E-state index contributed by atoms with van der Waals surface area (Å²) in [6.07, 6.45) is 0.947. The van der Waals surface area contributed by atoms with Crippen molar-refractivity contribution in [2.75, 3.05) is 13.1 Å². The molecule has 0 aliphatic carbocycles. The van der Waals surface area contributed by atoms with E-state index in [1.54, 1.807) is 0 Å². The molecule has 1 heterocycles. The van der Waals surface area contributed by atoms with Crippen molar-refractivity contribution in [2.45, 2.75) is 19.0 Å². The Balaban J connectivity index is 0.00000128.